The summed E-state index contributed by atoms with van der Waals surface area (Å²) >= 11 is 0. The molecule has 3 amide bonds. The number of methoxy groups -OCH3 is 2. The number of likely N-dealkylation sites (tertiary alicyclic amines) is 1. The van der Waals surface area contributed by atoms with Crippen molar-refractivity contribution in [3.63, 3.8) is 0 Å². The zero-order valence-electron chi connectivity index (χ0n) is 22.8. The topological polar surface area (TPSA) is 97.4 Å². The van der Waals surface area contributed by atoms with Gasteiger partial charge in [-0.25, -0.2) is 0 Å². The van der Waals surface area contributed by atoms with E-state index >= 15 is 0 Å². The van der Waals surface area contributed by atoms with Crippen molar-refractivity contribution < 1.29 is 28.6 Å². The number of rotatable bonds is 7. The quantitative estimate of drug-likeness (QED) is 0.598. The van der Waals surface area contributed by atoms with Gasteiger partial charge in [-0.05, 0) is 50.1 Å². The van der Waals surface area contributed by atoms with Crippen LogP contribution < -0.4 is 14.8 Å². The van der Waals surface area contributed by atoms with E-state index in [4.69, 9.17) is 14.2 Å². The molecule has 2 aromatic carbocycles. The van der Waals surface area contributed by atoms with Gasteiger partial charge in [0.1, 0.15) is 11.8 Å². The van der Waals surface area contributed by atoms with Crippen molar-refractivity contribution >= 4 is 17.7 Å². The average molecular weight is 524 g/mol. The van der Waals surface area contributed by atoms with E-state index < -0.39 is 11.8 Å². The number of nitrogens with one attached hydrogen (secondary N) is 1. The van der Waals surface area contributed by atoms with Gasteiger partial charge in [0.15, 0.2) is 11.5 Å². The Bertz CT molecular complexity index is 1190. The summed E-state index contributed by atoms with van der Waals surface area (Å²) in [4.78, 5) is 43.9. The molecule has 2 fully saturated rings. The summed E-state index contributed by atoms with van der Waals surface area (Å²) in [6, 6.07) is 11.7. The largest absolute Gasteiger partial charge is 0.493 e. The number of benzene rings is 2. The minimum absolute atomic E-state index is 0.0181. The van der Waals surface area contributed by atoms with E-state index in [1.54, 1.807) is 41.2 Å². The number of piperidine rings is 1. The van der Waals surface area contributed by atoms with Crippen molar-refractivity contribution in [3.8, 4) is 11.5 Å². The summed E-state index contributed by atoms with van der Waals surface area (Å²) in [6.45, 7) is 6.70. The second kappa shape index (κ2) is 11.4. The molecule has 0 saturated carbocycles. The number of ether oxygens (including phenoxy) is 3. The summed E-state index contributed by atoms with van der Waals surface area (Å²) in [5.74, 6) is 0.442. The number of hydrogen-bond acceptors (Lipinski definition) is 6. The van der Waals surface area contributed by atoms with Crippen LogP contribution >= 0.6 is 0 Å². The van der Waals surface area contributed by atoms with E-state index in [9.17, 15) is 14.4 Å². The van der Waals surface area contributed by atoms with Crippen molar-refractivity contribution in [2.24, 2.45) is 0 Å². The molecule has 1 N–H and O–H groups in total. The molecule has 4 rings (SSSR count). The van der Waals surface area contributed by atoms with E-state index in [1.165, 1.54) is 7.11 Å². The molecule has 2 saturated heterocycles. The Morgan fingerprint density at radius 3 is 2.37 bits per heavy atom. The number of aryl methyl sites for hydroxylation is 1. The van der Waals surface area contributed by atoms with Crippen LogP contribution in [0.15, 0.2) is 42.5 Å². The van der Waals surface area contributed by atoms with E-state index in [2.05, 4.69) is 5.32 Å². The summed E-state index contributed by atoms with van der Waals surface area (Å²) in [6.07, 6.45) is 1.58. The maximum absolute atomic E-state index is 13.9. The lowest BCUT2D eigenvalue weighted by molar-refractivity contribution is -0.128. The van der Waals surface area contributed by atoms with Gasteiger partial charge in [-0.3, -0.25) is 19.3 Å². The van der Waals surface area contributed by atoms with Crippen LogP contribution in [0.4, 0.5) is 0 Å². The molecule has 204 valence electrons. The fourth-order valence-corrected chi connectivity index (χ4v) is 5.16. The maximum Gasteiger partial charge on any atom is 0.257 e. The Morgan fingerprint density at radius 2 is 1.74 bits per heavy atom. The van der Waals surface area contributed by atoms with Gasteiger partial charge < -0.3 is 24.4 Å². The third-order valence-electron chi connectivity index (χ3n) is 7.62. The van der Waals surface area contributed by atoms with Gasteiger partial charge in [0.2, 0.25) is 5.91 Å². The molecule has 9 nitrogen and oxygen atoms in total. The number of carbonyl (C=O) groups is 3. The van der Waals surface area contributed by atoms with E-state index in [-0.39, 0.29) is 30.4 Å². The lowest BCUT2D eigenvalue weighted by Crippen LogP contribution is -2.60. The molecule has 2 aliphatic heterocycles. The van der Waals surface area contributed by atoms with Crippen molar-refractivity contribution in [2.75, 3.05) is 33.9 Å². The molecular weight excluding hydrogens is 486 g/mol. The summed E-state index contributed by atoms with van der Waals surface area (Å²) in [5.41, 5.74) is 0.902. The fourth-order valence-electron chi connectivity index (χ4n) is 5.16. The molecule has 0 bridgehead atoms. The van der Waals surface area contributed by atoms with Gasteiger partial charge in [-0.15, -0.1) is 0 Å². The van der Waals surface area contributed by atoms with Gasteiger partial charge in [0, 0.05) is 43.1 Å². The third-order valence-corrected chi connectivity index (χ3v) is 7.62. The molecule has 1 spiro atoms. The predicted octanol–water partition coefficient (Wildman–Crippen LogP) is 3.40. The Hall–Kier alpha value is -3.59. The highest BCUT2D eigenvalue weighted by atomic mass is 16.5. The number of nitrogens with zero attached hydrogens (tertiary/aromatic N) is 2. The zero-order chi connectivity index (χ0) is 27.4. The van der Waals surface area contributed by atoms with Crippen molar-refractivity contribution in [3.05, 3.63) is 59.2 Å². The number of amides is 3. The maximum atomic E-state index is 13.9. The number of carbonyl (C=O) groups excluding carboxylic acids is 3. The minimum Gasteiger partial charge on any atom is -0.493 e. The first-order chi connectivity index (χ1) is 18.2. The first-order valence-corrected chi connectivity index (χ1v) is 13.1. The first-order valence-electron chi connectivity index (χ1n) is 13.1. The summed E-state index contributed by atoms with van der Waals surface area (Å²) in [7, 11) is 3.08. The van der Waals surface area contributed by atoms with Gasteiger partial charge in [0.25, 0.3) is 11.8 Å². The van der Waals surface area contributed by atoms with Crippen LogP contribution in [0.5, 0.6) is 11.5 Å². The normalized spacial score (nSPS) is 19.2. The lowest BCUT2D eigenvalue weighted by atomic mass is 9.95. The van der Waals surface area contributed by atoms with Gasteiger partial charge >= 0.3 is 0 Å². The van der Waals surface area contributed by atoms with Crippen molar-refractivity contribution in [1.29, 1.82) is 0 Å². The molecule has 2 heterocycles. The van der Waals surface area contributed by atoms with Crippen molar-refractivity contribution in [2.45, 2.75) is 57.8 Å². The highest BCUT2D eigenvalue weighted by Crippen LogP contribution is 2.39. The van der Waals surface area contributed by atoms with Gasteiger partial charge in [-0.1, -0.05) is 25.1 Å². The monoisotopic (exact) mass is 523 g/mol. The molecule has 0 aliphatic carbocycles. The van der Waals surface area contributed by atoms with Gasteiger partial charge in [0.05, 0.1) is 20.8 Å². The van der Waals surface area contributed by atoms with Crippen LogP contribution in [0.25, 0.3) is 0 Å². The molecule has 38 heavy (non-hydrogen) atoms. The second-order valence-electron chi connectivity index (χ2n) is 9.94. The Kier molecular flexibility index (Phi) is 8.26. The molecular formula is C29H37N3O6. The van der Waals surface area contributed by atoms with Crippen LogP contribution in [-0.4, -0.2) is 79.2 Å². The summed E-state index contributed by atoms with van der Waals surface area (Å²) in [5, 5.41) is 3.01. The van der Waals surface area contributed by atoms with Crippen LogP contribution in [0.3, 0.4) is 0 Å². The predicted molar refractivity (Wildman–Crippen MR) is 142 cm³/mol. The Labute approximate surface area is 224 Å². The van der Waals surface area contributed by atoms with Gasteiger partial charge in [-0.2, -0.15) is 0 Å². The standard InChI is InChI=1S/C29H37N3O6/c1-6-20(3)30-26(33)23-18-38-29(32(23)28(35)22-10-8-7-9-19(22)2)13-15-31(16-14-29)27(34)21-11-12-24(36-4)25(17-21)37-5/h7-12,17,20,23H,6,13-16,18H2,1-5H3,(H,30,33)/t20-,23-/m1/s1. The Morgan fingerprint density at radius 1 is 1.05 bits per heavy atom. The van der Waals surface area contributed by atoms with E-state index in [0.29, 0.717) is 48.6 Å². The van der Waals surface area contributed by atoms with Crippen LogP contribution in [0.2, 0.25) is 0 Å². The van der Waals surface area contributed by atoms with Crippen LogP contribution in [-0.2, 0) is 9.53 Å². The second-order valence-corrected chi connectivity index (χ2v) is 9.94. The smallest absolute Gasteiger partial charge is 0.257 e. The van der Waals surface area contributed by atoms with Crippen molar-refractivity contribution in [1.82, 2.24) is 15.1 Å². The molecule has 9 heteroatoms. The average Bonchev–Trinajstić information content (AvgIpc) is 3.30. The molecule has 0 radical (unpaired) electrons. The van der Waals surface area contributed by atoms with Crippen LogP contribution in [0.1, 0.15) is 59.4 Å². The Balaban J connectivity index is 1.58. The molecule has 0 unspecified atom stereocenters. The van der Waals surface area contributed by atoms with E-state index in [1.807, 2.05) is 39.0 Å². The molecule has 2 aromatic rings. The summed E-state index contributed by atoms with van der Waals surface area (Å²) < 4.78 is 16.9. The first kappa shape index (κ1) is 27.4. The van der Waals surface area contributed by atoms with E-state index in [0.717, 1.165) is 12.0 Å². The minimum atomic E-state index is -0.967. The SMILES string of the molecule is CC[C@@H](C)NC(=O)[C@H]1COC2(CCN(C(=O)c3ccc(OC)c(OC)c3)CC2)N1C(=O)c1ccccc1C. The number of hydrogen-bond donors (Lipinski definition) is 1. The third kappa shape index (κ3) is 5.20. The van der Waals surface area contributed by atoms with Crippen LogP contribution in [0, 0.1) is 6.92 Å². The fraction of sp³-hybridized carbons (Fsp3) is 0.483. The lowest BCUT2D eigenvalue weighted by Gasteiger charge is -2.44. The molecule has 2 atom stereocenters. The molecule has 0 aromatic heterocycles. The highest BCUT2D eigenvalue weighted by molar-refractivity contribution is 5.99. The zero-order valence-corrected chi connectivity index (χ0v) is 22.8. The molecule has 2 aliphatic rings. The highest BCUT2D eigenvalue weighted by Gasteiger charge is 2.54.